The number of benzene rings is 2. The molecule has 1 amide bonds. The summed E-state index contributed by atoms with van der Waals surface area (Å²) < 4.78 is 7.25. The highest BCUT2D eigenvalue weighted by molar-refractivity contribution is 7.98. The van der Waals surface area contributed by atoms with E-state index >= 15 is 0 Å². The van der Waals surface area contributed by atoms with Crippen LogP contribution in [0.15, 0.2) is 53.7 Å². The SMILES string of the molecule is CCOc1ccccc1CCC(=O)Nc1cccc(-n2nnnc2SC)c1. The lowest BCUT2D eigenvalue weighted by atomic mass is 10.1. The van der Waals surface area contributed by atoms with Crippen molar-refractivity contribution in [3.8, 4) is 11.4 Å². The Morgan fingerprint density at radius 2 is 2.07 bits per heavy atom. The molecule has 0 saturated heterocycles. The molecule has 0 fully saturated rings. The number of nitrogens with zero attached hydrogens (tertiary/aromatic N) is 4. The van der Waals surface area contributed by atoms with Crippen molar-refractivity contribution in [3.05, 3.63) is 54.1 Å². The van der Waals surface area contributed by atoms with Crippen molar-refractivity contribution < 1.29 is 9.53 Å². The van der Waals surface area contributed by atoms with Crippen LogP contribution in [0.4, 0.5) is 5.69 Å². The minimum atomic E-state index is -0.0553. The second kappa shape index (κ2) is 9.18. The maximum absolute atomic E-state index is 12.4. The number of para-hydroxylation sites is 1. The molecule has 0 radical (unpaired) electrons. The number of aryl methyl sites for hydroxylation is 1. The van der Waals surface area contributed by atoms with Crippen molar-refractivity contribution in [3.63, 3.8) is 0 Å². The molecule has 8 heteroatoms. The number of rotatable bonds is 8. The molecule has 0 aliphatic carbocycles. The molecule has 7 nitrogen and oxygen atoms in total. The van der Waals surface area contributed by atoms with Gasteiger partial charge in [0.25, 0.3) is 0 Å². The lowest BCUT2D eigenvalue weighted by Gasteiger charge is -2.10. The standard InChI is InChI=1S/C19H21N5O2S/c1-3-26-17-10-5-4-7-14(17)11-12-18(25)20-15-8-6-9-16(13-15)24-19(27-2)21-22-23-24/h4-10,13H,3,11-12H2,1-2H3,(H,20,25). The molecule has 1 N–H and O–H groups in total. The minimum Gasteiger partial charge on any atom is -0.494 e. The molecule has 0 aliphatic rings. The number of ether oxygens (including phenoxy) is 1. The Morgan fingerprint density at radius 3 is 2.89 bits per heavy atom. The second-order valence-electron chi connectivity index (χ2n) is 5.72. The van der Waals surface area contributed by atoms with E-state index in [0.717, 1.165) is 17.0 Å². The first-order chi connectivity index (χ1) is 13.2. The van der Waals surface area contributed by atoms with E-state index in [4.69, 9.17) is 4.74 Å². The smallest absolute Gasteiger partial charge is 0.224 e. The first kappa shape index (κ1) is 18.9. The van der Waals surface area contributed by atoms with E-state index in [2.05, 4.69) is 20.8 Å². The first-order valence-corrected chi connectivity index (χ1v) is 9.87. The van der Waals surface area contributed by atoms with Gasteiger partial charge in [-0.05, 0) is 59.9 Å². The van der Waals surface area contributed by atoms with E-state index in [9.17, 15) is 4.79 Å². The van der Waals surface area contributed by atoms with Gasteiger partial charge in [-0.15, -0.1) is 5.10 Å². The van der Waals surface area contributed by atoms with Crippen molar-refractivity contribution in [2.75, 3.05) is 18.2 Å². The summed E-state index contributed by atoms with van der Waals surface area (Å²) in [5, 5.41) is 15.3. The summed E-state index contributed by atoms with van der Waals surface area (Å²) in [4.78, 5) is 12.4. The van der Waals surface area contributed by atoms with Crippen molar-refractivity contribution in [1.82, 2.24) is 20.2 Å². The Morgan fingerprint density at radius 1 is 1.22 bits per heavy atom. The lowest BCUT2D eigenvalue weighted by molar-refractivity contribution is -0.116. The number of tetrazole rings is 1. The zero-order chi connectivity index (χ0) is 19.1. The molecular weight excluding hydrogens is 362 g/mol. The summed E-state index contributed by atoms with van der Waals surface area (Å²) in [6.45, 7) is 2.55. The summed E-state index contributed by atoms with van der Waals surface area (Å²) in [7, 11) is 0. The van der Waals surface area contributed by atoms with Gasteiger partial charge in [-0.25, -0.2) is 0 Å². The van der Waals surface area contributed by atoms with E-state index in [1.165, 1.54) is 11.8 Å². The summed E-state index contributed by atoms with van der Waals surface area (Å²) in [6.07, 6.45) is 2.90. The maximum Gasteiger partial charge on any atom is 0.224 e. The normalized spacial score (nSPS) is 10.6. The topological polar surface area (TPSA) is 81.9 Å². The van der Waals surface area contributed by atoms with Gasteiger partial charge in [0.05, 0.1) is 12.3 Å². The van der Waals surface area contributed by atoms with Crippen LogP contribution in [0.5, 0.6) is 5.75 Å². The first-order valence-electron chi connectivity index (χ1n) is 8.64. The highest BCUT2D eigenvalue weighted by Gasteiger charge is 2.10. The van der Waals surface area contributed by atoms with Gasteiger partial charge in [0.2, 0.25) is 11.1 Å². The zero-order valence-electron chi connectivity index (χ0n) is 15.3. The number of carbonyl (C=O) groups excluding carboxylic acids is 1. The molecule has 3 rings (SSSR count). The van der Waals surface area contributed by atoms with Crippen LogP contribution in [0.1, 0.15) is 18.9 Å². The Balaban J connectivity index is 1.64. The van der Waals surface area contributed by atoms with E-state index in [0.29, 0.717) is 30.3 Å². The average Bonchev–Trinajstić information content (AvgIpc) is 3.17. The molecule has 3 aromatic rings. The van der Waals surface area contributed by atoms with E-state index in [1.807, 2.05) is 61.7 Å². The largest absolute Gasteiger partial charge is 0.494 e. The quantitative estimate of drug-likeness (QED) is 0.601. The van der Waals surface area contributed by atoms with Gasteiger partial charge in [0.1, 0.15) is 5.75 Å². The Labute approximate surface area is 162 Å². The van der Waals surface area contributed by atoms with Crippen LogP contribution in [-0.2, 0) is 11.2 Å². The summed E-state index contributed by atoms with van der Waals surface area (Å²) in [6, 6.07) is 15.2. The van der Waals surface area contributed by atoms with Gasteiger partial charge in [-0.1, -0.05) is 36.0 Å². The molecule has 140 valence electrons. The summed E-state index contributed by atoms with van der Waals surface area (Å²) in [5.74, 6) is 0.776. The van der Waals surface area contributed by atoms with Crippen molar-refractivity contribution in [1.29, 1.82) is 0 Å². The molecule has 0 atom stereocenters. The molecular formula is C19H21N5O2S. The Bertz CT molecular complexity index is 912. The third-order valence-electron chi connectivity index (χ3n) is 3.89. The summed E-state index contributed by atoms with van der Waals surface area (Å²) >= 11 is 1.46. The molecule has 0 aliphatic heterocycles. The van der Waals surface area contributed by atoms with Gasteiger partial charge >= 0.3 is 0 Å². The molecule has 0 bridgehead atoms. The molecule has 0 unspecified atom stereocenters. The predicted octanol–water partition coefficient (Wildman–Crippen LogP) is 3.35. The lowest BCUT2D eigenvalue weighted by Crippen LogP contribution is -2.13. The molecule has 0 spiro atoms. The number of aromatic nitrogens is 4. The van der Waals surface area contributed by atoms with E-state index < -0.39 is 0 Å². The van der Waals surface area contributed by atoms with Crippen LogP contribution in [0, 0.1) is 0 Å². The average molecular weight is 383 g/mol. The van der Waals surface area contributed by atoms with Gasteiger partial charge in [-0.3, -0.25) is 4.79 Å². The third kappa shape index (κ3) is 4.85. The van der Waals surface area contributed by atoms with Crippen LogP contribution in [0.2, 0.25) is 0 Å². The van der Waals surface area contributed by atoms with Crippen LogP contribution < -0.4 is 10.1 Å². The molecule has 1 heterocycles. The monoisotopic (exact) mass is 383 g/mol. The van der Waals surface area contributed by atoms with E-state index in [1.54, 1.807) is 4.68 Å². The minimum absolute atomic E-state index is 0.0553. The number of amides is 1. The highest BCUT2D eigenvalue weighted by Crippen LogP contribution is 2.21. The van der Waals surface area contributed by atoms with Gasteiger partial charge in [0, 0.05) is 12.1 Å². The number of thioether (sulfide) groups is 1. The fourth-order valence-corrected chi connectivity index (χ4v) is 3.10. The summed E-state index contributed by atoms with van der Waals surface area (Å²) in [5.41, 5.74) is 2.53. The maximum atomic E-state index is 12.4. The van der Waals surface area contributed by atoms with Gasteiger partial charge in [0.15, 0.2) is 0 Å². The van der Waals surface area contributed by atoms with E-state index in [-0.39, 0.29) is 5.91 Å². The van der Waals surface area contributed by atoms with Crippen molar-refractivity contribution in [2.24, 2.45) is 0 Å². The number of hydrogen-bond donors (Lipinski definition) is 1. The number of carbonyl (C=O) groups is 1. The van der Waals surface area contributed by atoms with Crippen LogP contribution in [0.25, 0.3) is 5.69 Å². The Kier molecular flexibility index (Phi) is 6.43. The van der Waals surface area contributed by atoms with Gasteiger partial charge < -0.3 is 10.1 Å². The zero-order valence-corrected chi connectivity index (χ0v) is 16.1. The molecule has 1 aromatic heterocycles. The molecule has 0 saturated carbocycles. The number of hydrogen-bond acceptors (Lipinski definition) is 6. The highest BCUT2D eigenvalue weighted by atomic mass is 32.2. The third-order valence-corrected chi connectivity index (χ3v) is 4.51. The number of anilines is 1. The molecule has 27 heavy (non-hydrogen) atoms. The van der Waals surface area contributed by atoms with Crippen LogP contribution in [0.3, 0.4) is 0 Å². The van der Waals surface area contributed by atoms with Crippen molar-refractivity contribution >= 4 is 23.4 Å². The van der Waals surface area contributed by atoms with Crippen LogP contribution >= 0.6 is 11.8 Å². The van der Waals surface area contributed by atoms with Crippen molar-refractivity contribution in [2.45, 2.75) is 24.9 Å². The fraction of sp³-hybridized carbons (Fsp3) is 0.263. The number of nitrogens with one attached hydrogen (secondary N) is 1. The predicted molar refractivity (Wildman–Crippen MR) is 105 cm³/mol. The van der Waals surface area contributed by atoms with Gasteiger partial charge in [-0.2, -0.15) is 4.68 Å². The Hall–Kier alpha value is -2.87. The second-order valence-corrected chi connectivity index (χ2v) is 6.49. The van der Waals surface area contributed by atoms with Crippen LogP contribution in [-0.4, -0.2) is 39.0 Å². The molecule has 2 aromatic carbocycles. The fourth-order valence-electron chi connectivity index (χ4n) is 2.66.